The zero-order valence-electron chi connectivity index (χ0n) is 7.97. The van der Waals surface area contributed by atoms with Gasteiger partial charge in [-0.1, -0.05) is 11.6 Å². The third kappa shape index (κ3) is 2.29. The van der Waals surface area contributed by atoms with Crippen molar-refractivity contribution in [2.45, 2.75) is 6.54 Å². The van der Waals surface area contributed by atoms with Gasteiger partial charge in [0.25, 0.3) is 0 Å². The largest absolute Gasteiger partial charge is 0.324 e. The Balaban J connectivity index is 0.00000128. The van der Waals surface area contributed by atoms with Crippen molar-refractivity contribution >= 4 is 24.0 Å². The molecule has 0 amide bonds. The minimum Gasteiger partial charge on any atom is -0.324 e. The second-order valence-electron chi connectivity index (χ2n) is 2.81. The molecule has 1 aromatic carbocycles. The van der Waals surface area contributed by atoms with Gasteiger partial charge in [-0.15, -0.1) is 17.5 Å². The van der Waals surface area contributed by atoms with Crippen LogP contribution in [-0.4, -0.2) is 20.2 Å². The molecule has 16 heavy (non-hydrogen) atoms. The molecule has 0 unspecified atom stereocenters. The van der Waals surface area contributed by atoms with Crippen LogP contribution in [0.3, 0.4) is 0 Å². The van der Waals surface area contributed by atoms with Crippen LogP contribution >= 0.6 is 24.0 Å². The quantitative estimate of drug-likeness (QED) is 0.888. The maximum absolute atomic E-state index is 12.9. The van der Waals surface area contributed by atoms with Gasteiger partial charge in [-0.05, 0) is 28.6 Å². The lowest BCUT2D eigenvalue weighted by Gasteiger charge is -2.03. The highest BCUT2D eigenvalue weighted by molar-refractivity contribution is 6.30. The van der Waals surface area contributed by atoms with Crippen molar-refractivity contribution in [3.8, 4) is 5.69 Å². The Hall–Kier alpha value is -1.24. The van der Waals surface area contributed by atoms with Gasteiger partial charge in [0.1, 0.15) is 5.82 Å². The van der Waals surface area contributed by atoms with Gasteiger partial charge >= 0.3 is 0 Å². The Bertz CT molecular complexity index is 487. The monoisotopic (exact) mass is 263 g/mol. The van der Waals surface area contributed by atoms with Crippen molar-refractivity contribution in [1.29, 1.82) is 0 Å². The van der Waals surface area contributed by atoms with E-state index in [-0.39, 0.29) is 24.0 Å². The smallest absolute Gasteiger partial charge is 0.170 e. The van der Waals surface area contributed by atoms with Crippen molar-refractivity contribution in [2.24, 2.45) is 5.73 Å². The topological polar surface area (TPSA) is 69.6 Å². The van der Waals surface area contributed by atoms with E-state index >= 15 is 0 Å². The number of hydrogen-bond acceptors (Lipinski definition) is 4. The molecule has 8 heteroatoms. The molecule has 0 saturated carbocycles. The Kier molecular flexibility index (Phi) is 4.17. The SMILES string of the molecule is Cl.NCc1nnnn1-c1ccc(F)c(Cl)c1. The van der Waals surface area contributed by atoms with E-state index in [1.807, 2.05) is 0 Å². The molecule has 0 atom stereocenters. The van der Waals surface area contributed by atoms with E-state index in [1.54, 1.807) is 0 Å². The number of benzene rings is 1. The van der Waals surface area contributed by atoms with E-state index in [1.165, 1.54) is 22.9 Å². The van der Waals surface area contributed by atoms with Gasteiger partial charge in [0.05, 0.1) is 17.3 Å². The Labute approximate surface area is 102 Å². The Morgan fingerprint density at radius 1 is 1.44 bits per heavy atom. The predicted molar refractivity (Wildman–Crippen MR) is 59.3 cm³/mol. The van der Waals surface area contributed by atoms with Gasteiger partial charge in [-0.2, -0.15) is 4.68 Å². The van der Waals surface area contributed by atoms with Crippen molar-refractivity contribution in [2.75, 3.05) is 0 Å². The lowest BCUT2D eigenvalue weighted by atomic mass is 10.3. The van der Waals surface area contributed by atoms with Crippen LogP contribution in [0.25, 0.3) is 5.69 Å². The summed E-state index contributed by atoms with van der Waals surface area (Å²) >= 11 is 5.64. The van der Waals surface area contributed by atoms with Crippen molar-refractivity contribution in [3.05, 3.63) is 34.9 Å². The van der Waals surface area contributed by atoms with Gasteiger partial charge in [0.2, 0.25) is 0 Å². The second-order valence-corrected chi connectivity index (χ2v) is 3.22. The van der Waals surface area contributed by atoms with Crippen LogP contribution in [-0.2, 0) is 6.54 Å². The maximum atomic E-state index is 12.9. The van der Waals surface area contributed by atoms with E-state index in [4.69, 9.17) is 17.3 Å². The van der Waals surface area contributed by atoms with E-state index in [2.05, 4.69) is 15.5 Å². The summed E-state index contributed by atoms with van der Waals surface area (Å²) in [5, 5.41) is 10.9. The van der Waals surface area contributed by atoms with Crippen molar-refractivity contribution in [3.63, 3.8) is 0 Å². The first-order valence-corrected chi connectivity index (χ1v) is 4.53. The predicted octanol–water partition coefficient (Wildman–Crippen LogP) is 1.34. The normalized spacial score (nSPS) is 9.94. The number of halogens is 3. The fourth-order valence-electron chi connectivity index (χ4n) is 1.15. The van der Waals surface area contributed by atoms with Crippen LogP contribution in [0.4, 0.5) is 4.39 Å². The van der Waals surface area contributed by atoms with Gasteiger partial charge in [0, 0.05) is 0 Å². The summed E-state index contributed by atoms with van der Waals surface area (Å²) in [4.78, 5) is 0. The molecule has 0 fully saturated rings. The average Bonchev–Trinajstić information content (AvgIpc) is 2.70. The summed E-state index contributed by atoms with van der Waals surface area (Å²) < 4.78 is 14.3. The molecule has 5 nitrogen and oxygen atoms in total. The van der Waals surface area contributed by atoms with Crippen LogP contribution in [0.2, 0.25) is 5.02 Å². The Morgan fingerprint density at radius 3 is 2.81 bits per heavy atom. The highest BCUT2D eigenvalue weighted by Gasteiger charge is 2.08. The zero-order chi connectivity index (χ0) is 10.8. The van der Waals surface area contributed by atoms with Gasteiger partial charge in [-0.3, -0.25) is 0 Å². The van der Waals surface area contributed by atoms with E-state index in [9.17, 15) is 4.39 Å². The molecule has 2 rings (SSSR count). The number of aromatic nitrogens is 4. The lowest BCUT2D eigenvalue weighted by molar-refractivity contribution is 0.627. The van der Waals surface area contributed by atoms with E-state index in [0.717, 1.165) is 0 Å². The molecule has 0 aliphatic rings. The number of rotatable bonds is 2. The molecule has 0 bridgehead atoms. The third-order valence-electron chi connectivity index (χ3n) is 1.86. The standard InChI is InChI=1S/C8H7ClFN5.ClH/c9-6-3-5(1-2-7(6)10)15-8(4-11)12-13-14-15;/h1-3H,4,11H2;1H. The number of nitrogens with two attached hydrogens (primary N) is 1. The molecule has 2 aromatic rings. The van der Waals surface area contributed by atoms with Gasteiger partial charge in [0.15, 0.2) is 5.82 Å². The lowest BCUT2D eigenvalue weighted by Crippen LogP contribution is -2.08. The minimum absolute atomic E-state index is 0. The summed E-state index contributed by atoms with van der Waals surface area (Å²) in [6.07, 6.45) is 0. The molecule has 0 aliphatic heterocycles. The van der Waals surface area contributed by atoms with Crippen molar-refractivity contribution < 1.29 is 4.39 Å². The molecule has 86 valence electrons. The fourth-order valence-corrected chi connectivity index (χ4v) is 1.33. The van der Waals surface area contributed by atoms with Gasteiger partial charge in [-0.25, -0.2) is 4.39 Å². The number of nitrogens with zero attached hydrogens (tertiary/aromatic N) is 4. The summed E-state index contributed by atoms with van der Waals surface area (Å²) in [6, 6.07) is 4.21. The van der Waals surface area contributed by atoms with E-state index < -0.39 is 5.82 Å². The summed E-state index contributed by atoms with van der Waals surface area (Å²) in [6.45, 7) is 0.196. The van der Waals surface area contributed by atoms with Crippen LogP contribution in [0.15, 0.2) is 18.2 Å². The highest BCUT2D eigenvalue weighted by Crippen LogP contribution is 2.18. The molecular formula is C8H8Cl2FN5. The molecule has 0 spiro atoms. The first-order chi connectivity index (χ1) is 7.22. The molecule has 0 saturated heterocycles. The van der Waals surface area contributed by atoms with Crippen LogP contribution < -0.4 is 5.73 Å². The van der Waals surface area contributed by atoms with E-state index in [0.29, 0.717) is 11.5 Å². The molecule has 0 aliphatic carbocycles. The first-order valence-electron chi connectivity index (χ1n) is 4.15. The third-order valence-corrected chi connectivity index (χ3v) is 2.15. The Morgan fingerprint density at radius 2 is 2.19 bits per heavy atom. The summed E-state index contributed by atoms with van der Waals surface area (Å²) in [5.41, 5.74) is 6.01. The van der Waals surface area contributed by atoms with Crippen LogP contribution in [0.1, 0.15) is 5.82 Å². The average molecular weight is 264 g/mol. The second kappa shape index (κ2) is 5.20. The molecule has 1 heterocycles. The summed E-state index contributed by atoms with van der Waals surface area (Å²) in [5.74, 6) is 0.000430. The van der Waals surface area contributed by atoms with Crippen LogP contribution in [0, 0.1) is 5.82 Å². The highest BCUT2D eigenvalue weighted by atomic mass is 35.5. The zero-order valence-corrected chi connectivity index (χ0v) is 9.54. The number of hydrogen-bond donors (Lipinski definition) is 1. The minimum atomic E-state index is -0.484. The molecule has 0 radical (unpaired) electrons. The fraction of sp³-hybridized carbons (Fsp3) is 0.125. The number of tetrazole rings is 1. The molecule has 2 N–H and O–H groups in total. The maximum Gasteiger partial charge on any atom is 0.170 e. The molecular weight excluding hydrogens is 256 g/mol. The summed E-state index contributed by atoms with van der Waals surface area (Å²) in [7, 11) is 0. The van der Waals surface area contributed by atoms with Gasteiger partial charge < -0.3 is 5.73 Å². The first kappa shape index (κ1) is 12.8. The van der Waals surface area contributed by atoms with Crippen molar-refractivity contribution in [1.82, 2.24) is 20.2 Å². The van der Waals surface area contributed by atoms with Crippen LogP contribution in [0.5, 0.6) is 0 Å². The molecule has 1 aromatic heterocycles.